The summed E-state index contributed by atoms with van der Waals surface area (Å²) in [6.07, 6.45) is 0. The van der Waals surface area contributed by atoms with Gasteiger partial charge < -0.3 is 4.90 Å². The lowest BCUT2D eigenvalue weighted by molar-refractivity contribution is 0.660. The average Bonchev–Trinajstić information content (AvgIpc) is 3.99. The maximum atomic E-state index is 2.54. The normalized spacial score (nSPS) is 16.0. The molecule has 0 N–H and O–H groups in total. The van der Waals surface area contributed by atoms with E-state index < -0.39 is 5.41 Å². The number of nitrogens with zero attached hydrogens (tertiary/aromatic N) is 1. The van der Waals surface area contributed by atoms with Gasteiger partial charge in [-0.15, -0.1) is 11.3 Å². The summed E-state index contributed by atoms with van der Waals surface area (Å²) in [6, 6.07) is 75.3. The molecule has 3 aliphatic rings. The topological polar surface area (TPSA) is 3.24 Å². The van der Waals surface area contributed by atoms with Crippen LogP contribution in [0.4, 0.5) is 17.1 Å². The van der Waals surface area contributed by atoms with E-state index >= 15 is 0 Å². The molecule has 2 heteroatoms. The van der Waals surface area contributed by atoms with Crippen molar-refractivity contribution in [2.24, 2.45) is 0 Å². The molecule has 0 bridgehead atoms. The zero-order valence-electron chi connectivity index (χ0n) is 33.4. The van der Waals surface area contributed by atoms with E-state index in [0.717, 1.165) is 11.4 Å². The maximum Gasteiger partial charge on any atom is 0.0726 e. The number of hydrogen-bond donors (Lipinski definition) is 0. The summed E-state index contributed by atoms with van der Waals surface area (Å²) >= 11 is 1.93. The minimum Gasteiger partial charge on any atom is -0.310 e. The summed E-state index contributed by atoms with van der Waals surface area (Å²) in [7, 11) is 0. The van der Waals surface area contributed by atoms with Crippen LogP contribution in [0.5, 0.6) is 0 Å². The SMILES string of the molecule is CC1(C)c2ccccc2-c2ccc(N(c3cccc(-c4ccccc4)c3)c3cccc4c3-c3ccccc3C43c4ccccc4-c4c3ccc3c4sc4ccccc43)cc21. The molecule has 0 aliphatic heterocycles. The maximum absolute atomic E-state index is 2.54. The third-order valence-corrected chi connectivity index (χ3v) is 15.1. The molecular weight excluding hydrogens is 743 g/mol. The molecule has 1 heterocycles. The fraction of sp³-hybridized carbons (Fsp3) is 0.0690. The van der Waals surface area contributed by atoms with Gasteiger partial charge in [-0.2, -0.15) is 0 Å². The van der Waals surface area contributed by atoms with Crippen molar-refractivity contribution in [1.82, 2.24) is 0 Å². The van der Waals surface area contributed by atoms with Crippen molar-refractivity contribution >= 4 is 48.6 Å². The van der Waals surface area contributed by atoms with Crippen molar-refractivity contribution in [2.75, 3.05) is 4.90 Å². The van der Waals surface area contributed by atoms with Gasteiger partial charge in [0.15, 0.2) is 0 Å². The molecule has 9 aromatic carbocycles. The highest BCUT2D eigenvalue weighted by molar-refractivity contribution is 7.26. The molecule has 1 spiro atoms. The first-order chi connectivity index (χ1) is 29.5. The molecule has 0 fully saturated rings. The summed E-state index contributed by atoms with van der Waals surface area (Å²) in [6.45, 7) is 4.76. The summed E-state index contributed by atoms with van der Waals surface area (Å²) in [4.78, 5) is 2.54. The van der Waals surface area contributed by atoms with Gasteiger partial charge in [0, 0.05) is 48.1 Å². The second-order valence-electron chi connectivity index (χ2n) is 17.2. The summed E-state index contributed by atoms with van der Waals surface area (Å²) in [5, 5.41) is 2.68. The summed E-state index contributed by atoms with van der Waals surface area (Å²) in [5.41, 5.74) is 21.4. The minimum atomic E-state index is -0.475. The molecule has 10 aromatic rings. The van der Waals surface area contributed by atoms with Crippen LogP contribution in [-0.4, -0.2) is 0 Å². The van der Waals surface area contributed by atoms with Crippen molar-refractivity contribution in [3.8, 4) is 44.5 Å². The number of hydrogen-bond acceptors (Lipinski definition) is 2. The Morgan fingerprint density at radius 1 is 0.383 bits per heavy atom. The highest BCUT2D eigenvalue weighted by Crippen LogP contribution is 2.66. The summed E-state index contributed by atoms with van der Waals surface area (Å²) < 4.78 is 2.71. The zero-order valence-corrected chi connectivity index (χ0v) is 34.2. The molecule has 0 saturated carbocycles. The first-order valence-electron chi connectivity index (χ1n) is 21.0. The molecule has 0 radical (unpaired) electrons. The molecule has 0 saturated heterocycles. The lowest BCUT2D eigenvalue weighted by Gasteiger charge is -2.32. The fourth-order valence-corrected chi connectivity index (χ4v) is 12.6. The third-order valence-electron chi connectivity index (χ3n) is 13.9. The Morgan fingerprint density at radius 3 is 1.80 bits per heavy atom. The molecule has 13 rings (SSSR count). The van der Waals surface area contributed by atoms with Crippen molar-refractivity contribution in [3.63, 3.8) is 0 Å². The van der Waals surface area contributed by atoms with Crippen LogP contribution < -0.4 is 4.90 Å². The Kier molecular flexibility index (Phi) is 6.94. The van der Waals surface area contributed by atoms with Crippen LogP contribution in [0.3, 0.4) is 0 Å². The van der Waals surface area contributed by atoms with Gasteiger partial charge in [0.25, 0.3) is 0 Å². The largest absolute Gasteiger partial charge is 0.310 e. The predicted octanol–water partition coefficient (Wildman–Crippen LogP) is 15.8. The van der Waals surface area contributed by atoms with E-state index in [1.807, 2.05) is 11.3 Å². The van der Waals surface area contributed by atoms with Gasteiger partial charge in [0.05, 0.1) is 11.1 Å². The second kappa shape index (κ2) is 12.3. The Morgan fingerprint density at radius 2 is 0.983 bits per heavy atom. The Balaban J connectivity index is 1.10. The lowest BCUT2D eigenvalue weighted by Crippen LogP contribution is -2.26. The molecule has 1 atom stereocenters. The van der Waals surface area contributed by atoms with E-state index in [9.17, 15) is 0 Å². The molecule has 282 valence electrons. The standard InChI is InChI=1S/C58H39NS/c1-57(2)46-24-10-6-20-40(46)41-31-30-39(35-51(41)57)59(38-19-14-18-37(34-38)36-16-4-3-5-17-36)52-28-15-27-49-54(52)44-22-7-11-25-47(44)58(49)48-26-12-8-23-45(48)55-50(58)33-32-43-42-21-9-13-29-53(42)60-56(43)55/h3-35H,1-2H3. The molecule has 1 nitrogen and oxygen atoms in total. The Bertz CT molecular complexity index is 3420. The number of anilines is 3. The highest BCUT2D eigenvalue weighted by Gasteiger charge is 2.53. The molecule has 3 aliphatic carbocycles. The third kappa shape index (κ3) is 4.36. The van der Waals surface area contributed by atoms with Gasteiger partial charge in [0.2, 0.25) is 0 Å². The van der Waals surface area contributed by atoms with Crippen molar-refractivity contribution in [2.45, 2.75) is 24.7 Å². The number of fused-ring (bicyclic) bond motifs is 17. The predicted molar refractivity (Wildman–Crippen MR) is 253 cm³/mol. The quantitative estimate of drug-likeness (QED) is 0.172. The van der Waals surface area contributed by atoms with Crippen LogP contribution in [0.1, 0.15) is 47.2 Å². The zero-order chi connectivity index (χ0) is 39.7. The van der Waals surface area contributed by atoms with Crippen molar-refractivity contribution in [1.29, 1.82) is 0 Å². The van der Waals surface area contributed by atoms with Crippen molar-refractivity contribution < 1.29 is 0 Å². The molecular formula is C58H39NS. The number of benzene rings is 9. The Hall–Kier alpha value is -7.00. The van der Waals surface area contributed by atoms with Gasteiger partial charge in [-0.25, -0.2) is 0 Å². The van der Waals surface area contributed by atoms with Crippen LogP contribution in [-0.2, 0) is 10.8 Å². The minimum absolute atomic E-state index is 0.135. The van der Waals surface area contributed by atoms with Crippen LogP contribution >= 0.6 is 11.3 Å². The fourth-order valence-electron chi connectivity index (χ4n) is 11.3. The summed E-state index contributed by atoms with van der Waals surface area (Å²) in [5.74, 6) is 0. The van der Waals surface area contributed by atoms with Crippen molar-refractivity contribution in [3.05, 3.63) is 234 Å². The van der Waals surface area contributed by atoms with E-state index in [1.54, 1.807) is 0 Å². The van der Waals surface area contributed by atoms with E-state index in [2.05, 4.69) is 219 Å². The van der Waals surface area contributed by atoms with Gasteiger partial charge >= 0.3 is 0 Å². The molecule has 0 amide bonds. The first kappa shape index (κ1) is 33.9. The second-order valence-corrected chi connectivity index (χ2v) is 18.2. The average molecular weight is 782 g/mol. The molecule has 60 heavy (non-hydrogen) atoms. The van der Waals surface area contributed by atoms with Crippen LogP contribution in [0.15, 0.2) is 200 Å². The van der Waals surface area contributed by atoms with Crippen LogP contribution in [0.25, 0.3) is 64.7 Å². The number of rotatable bonds is 4. The molecule has 1 aromatic heterocycles. The van der Waals surface area contributed by atoms with Gasteiger partial charge in [-0.05, 0) is 103 Å². The monoisotopic (exact) mass is 781 g/mol. The van der Waals surface area contributed by atoms with Gasteiger partial charge in [-0.1, -0.05) is 178 Å². The van der Waals surface area contributed by atoms with E-state index in [-0.39, 0.29) is 5.41 Å². The van der Waals surface area contributed by atoms with E-state index in [4.69, 9.17) is 0 Å². The van der Waals surface area contributed by atoms with E-state index in [0.29, 0.717) is 0 Å². The van der Waals surface area contributed by atoms with Gasteiger partial charge in [-0.3, -0.25) is 0 Å². The highest BCUT2D eigenvalue weighted by atomic mass is 32.1. The lowest BCUT2D eigenvalue weighted by atomic mass is 9.70. The number of thiophene rings is 1. The van der Waals surface area contributed by atoms with Crippen LogP contribution in [0, 0.1) is 0 Å². The Labute approximate surface area is 354 Å². The molecule has 1 unspecified atom stereocenters. The van der Waals surface area contributed by atoms with Gasteiger partial charge in [0.1, 0.15) is 0 Å². The first-order valence-corrected chi connectivity index (χ1v) is 21.8. The smallest absolute Gasteiger partial charge is 0.0726 e. The van der Waals surface area contributed by atoms with E-state index in [1.165, 1.54) is 104 Å². The van der Waals surface area contributed by atoms with Crippen LogP contribution in [0.2, 0.25) is 0 Å².